The molecule has 0 bridgehead atoms. The van der Waals surface area contributed by atoms with Gasteiger partial charge in [-0.15, -0.1) is 16.4 Å². The van der Waals surface area contributed by atoms with Crippen molar-refractivity contribution in [1.29, 1.82) is 0 Å². The number of fused-ring (bicyclic) bond motifs is 1. The van der Waals surface area contributed by atoms with Crippen LogP contribution in [0.4, 0.5) is 0 Å². The van der Waals surface area contributed by atoms with E-state index in [1.54, 1.807) is 16.0 Å². The fourth-order valence-corrected chi connectivity index (χ4v) is 2.22. The quantitative estimate of drug-likeness (QED) is 0.704. The minimum Gasteiger partial charge on any atom is -0.324 e. The van der Waals surface area contributed by atoms with Crippen molar-refractivity contribution in [3.05, 3.63) is 29.5 Å². The van der Waals surface area contributed by atoms with Crippen molar-refractivity contribution >= 4 is 21.6 Å². The summed E-state index contributed by atoms with van der Waals surface area (Å²) in [6.07, 6.45) is 0. The van der Waals surface area contributed by atoms with Crippen LogP contribution in [0.1, 0.15) is 5.82 Å². The first-order valence-electron chi connectivity index (χ1n) is 4.69. The Kier molecular flexibility index (Phi) is 2.12. The highest BCUT2D eigenvalue weighted by Gasteiger charge is 2.07. The first-order chi connectivity index (χ1) is 7.88. The van der Waals surface area contributed by atoms with Gasteiger partial charge in [-0.2, -0.15) is 4.68 Å². The van der Waals surface area contributed by atoms with E-state index in [1.165, 1.54) is 0 Å². The van der Waals surface area contributed by atoms with Crippen LogP contribution in [0.3, 0.4) is 0 Å². The number of rotatable bonds is 2. The number of hydrogen-bond acceptors (Lipinski definition) is 6. The minimum absolute atomic E-state index is 0.313. The highest BCUT2D eigenvalue weighted by atomic mass is 32.1. The molecule has 3 aromatic rings. The Balaban J connectivity index is 2.18. The van der Waals surface area contributed by atoms with Crippen LogP contribution in [0.25, 0.3) is 15.9 Å². The third-order valence-electron chi connectivity index (χ3n) is 2.28. The van der Waals surface area contributed by atoms with E-state index in [2.05, 4.69) is 20.5 Å². The second-order valence-electron chi connectivity index (χ2n) is 3.22. The van der Waals surface area contributed by atoms with Gasteiger partial charge >= 0.3 is 0 Å². The van der Waals surface area contributed by atoms with Crippen molar-refractivity contribution in [1.82, 2.24) is 25.2 Å². The maximum atomic E-state index is 5.55. The third-order valence-corrected chi connectivity index (χ3v) is 3.07. The molecule has 80 valence electrons. The molecular weight excluding hydrogens is 224 g/mol. The molecule has 2 aromatic heterocycles. The van der Waals surface area contributed by atoms with E-state index in [4.69, 9.17) is 5.73 Å². The summed E-state index contributed by atoms with van der Waals surface area (Å²) in [6, 6.07) is 5.88. The monoisotopic (exact) mass is 232 g/mol. The maximum absolute atomic E-state index is 5.55. The number of tetrazole rings is 1. The molecule has 7 heteroatoms. The van der Waals surface area contributed by atoms with E-state index in [0.29, 0.717) is 12.4 Å². The van der Waals surface area contributed by atoms with Gasteiger partial charge in [0.1, 0.15) is 0 Å². The summed E-state index contributed by atoms with van der Waals surface area (Å²) in [5, 5.41) is 11.4. The highest BCUT2D eigenvalue weighted by molar-refractivity contribution is 7.16. The van der Waals surface area contributed by atoms with Crippen molar-refractivity contribution in [2.24, 2.45) is 5.73 Å². The molecule has 1 aromatic carbocycles. The molecule has 6 nitrogen and oxygen atoms in total. The second kappa shape index (κ2) is 3.62. The van der Waals surface area contributed by atoms with Gasteiger partial charge in [0.2, 0.25) is 0 Å². The van der Waals surface area contributed by atoms with Crippen molar-refractivity contribution in [2.75, 3.05) is 0 Å². The van der Waals surface area contributed by atoms with E-state index in [9.17, 15) is 0 Å². The molecule has 0 saturated heterocycles. The summed E-state index contributed by atoms with van der Waals surface area (Å²) in [6.45, 7) is 0.313. The zero-order valence-electron chi connectivity index (χ0n) is 8.24. The number of hydrogen-bond donors (Lipinski definition) is 1. The van der Waals surface area contributed by atoms with Gasteiger partial charge in [-0.1, -0.05) is 0 Å². The van der Waals surface area contributed by atoms with Gasteiger partial charge in [0, 0.05) is 0 Å². The van der Waals surface area contributed by atoms with Crippen molar-refractivity contribution in [2.45, 2.75) is 6.54 Å². The molecule has 16 heavy (non-hydrogen) atoms. The molecule has 0 atom stereocenters. The largest absolute Gasteiger partial charge is 0.324 e. The van der Waals surface area contributed by atoms with Gasteiger partial charge in [-0.3, -0.25) is 0 Å². The first kappa shape index (κ1) is 9.37. The predicted molar refractivity (Wildman–Crippen MR) is 60.2 cm³/mol. The zero-order chi connectivity index (χ0) is 11.0. The molecule has 0 spiro atoms. The average Bonchev–Trinajstić information content (AvgIpc) is 2.96. The summed E-state index contributed by atoms with van der Waals surface area (Å²) in [5.74, 6) is 0.642. The van der Waals surface area contributed by atoms with Crippen LogP contribution in [-0.4, -0.2) is 25.2 Å². The molecule has 0 unspecified atom stereocenters. The van der Waals surface area contributed by atoms with Crippen LogP contribution in [0.2, 0.25) is 0 Å². The molecular formula is C9H8N6S. The lowest BCUT2D eigenvalue weighted by atomic mass is 10.3. The van der Waals surface area contributed by atoms with Gasteiger partial charge in [0.25, 0.3) is 0 Å². The fourth-order valence-electron chi connectivity index (χ4n) is 1.51. The van der Waals surface area contributed by atoms with Gasteiger partial charge in [0.05, 0.1) is 28.0 Å². The number of thiazole rings is 1. The standard InChI is InChI=1S/C9H8N6S/c10-4-9-12-13-14-15(9)6-1-2-7-8(3-6)16-5-11-7/h1-3,5H,4,10H2. The van der Waals surface area contributed by atoms with Gasteiger partial charge in [-0.05, 0) is 28.6 Å². The Labute approximate surface area is 94.7 Å². The van der Waals surface area contributed by atoms with Crippen LogP contribution in [0.15, 0.2) is 23.7 Å². The van der Waals surface area contributed by atoms with Crippen molar-refractivity contribution < 1.29 is 0 Å². The molecule has 3 rings (SSSR count). The Morgan fingerprint density at radius 2 is 2.31 bits per heavy atom. The van der Waals surface area contributed by atoms with Crippen LogP contribution in [0.5, 0.6) is 0 Å². The van der Waals surface area contributed by atoms with Gasteiger partial charge in [0.15, 0.2) is 5.82 Å². The Morgan fingerprint density at radius 3 is 3.19 bits per heavy atom. The molecule has 0 radical (unpaired) electrons. The molecule has 0 aliphatic heterocycles. The van der Waals surface area contributed by atoms with Gasteiger partial charge in [-0.25, -0.2) is 4.98 Å². The van der Waals surface area contributed by atoms with E-state index in [-0.39, 0.29) is 0 Å². The third kappa shape index (κ3) is 1.37. The molecule has 0 aliphatic rings. The summed E-state index contributed by atoms with van der Waals surface area (Å²) >= 11 is 1.59. The summed E-state index contributed by atoms with van der Waals surface area (Å²) in [5.41, 5.74) is 9.26. The number of nitrogens with zero attached hydrogens (tertiary/aromatic N) is 5. The lowest BCUT2D eigenvalue weighted by Crippen LogP contribution is -2.07. The molecule has 0 aliphatic carbocycles. The van der Waals surface area contributed by atoms with E-state index < -0.39 is 0 Å². The normalized spacial score (nSPS) is 11.1. The summed E-state index contributed by atoms with van der Waals surface area (Å²) in [4.78, 5) is 4.22. The SMILES string of the molecule is NCc1nnnn1-c1ccc2ncsc2c1. The van der Waals surface area contributed by atoms with Crippen LogP contribution in [0, 0.1) is 0 Å². The van der Waals surface area contributed by atoms with E-state index in [1.807, 2.05) is 23.7 Å². The van der Waals surface area contributed by atoms with Crippen molar-refractivity contribution in [3.8, 4) is 5.69 Å². The molecule has 0 fully saturated rings. The molecule has 2 heterocycles. The Morgan fingerprint density at radius 1 is 1.38 bits per heavy atom. The van der Waals surface area contributed by atoms with Crippen LogP contribution in [-0.2, 0) is 6.54 Å². The number of benzene rings is 1. The summed E-state index contributed by atoms with van der Waals surface area (Å²) in [7, 11) is 0. The maximum Gasteiger partial charge on any atom is 0.170 e. The fraction of sp³-hybridized carbons (Fsp3) is 0.111. The Hall–Kier alpha value is -1.86. The molecule has 0 amide bonds. The smallest absolute Gasteiger partial charge is 0.170 e. The summed E-state index contributed by atoms with van der Waals surface area (Å²) < 4.78 is 2.75. The first-order valence-corrected chi connectivity index (χ1v) is 5.57. The minimum atomic E-state index is 0.313. The molecule has 0 saturated carbocycles. The zero-order valence-corrected chi connectivity index (χ0v) is 9.05. The average molecular weight is 232 g/mol. The topological polar surface area (TPSA) is 82.5 Å². The number of aromatic nitrogens is 5. The van der Waals surface area contributed by atoms with E-state index >= 15 is 0 Å². The molecule has 2 N–H and O–H groups in total. The van der Waals surface area contributed by atoms with E-state index in [0.717, 1.165) is 15.9 Å². The predicted octanol–water partition coefficient (Wildman–Crippen LogP) is 0.731. The highest BCUT2D eigenvalue weighted by Crippen LogP contribution is 2.21. The lowest BCUT2D eigenvalue weighted by molar-refractivity contribution is 0.762. The van der Waals surface area contributed by atoms with Crippen LogP contribution < -0.4 is 5.73 Å². The van der Waals surface area contributed by atoms with Crippen molar-refractivity contribution in [3.63, 3.8) is 0 Å². The number of nitrogens with two attached hydrogens (primary N) is 1. The second-order valence-corrected chi connectivity index (χ2v) is 4.10. The van der Waals surface area contributed by atoms with Crippen LogP contribution >= 0.6 is 11.3 Å². The lowest BCUT2D eigenvalue weighted by Gasteiger charge is -2.01. The Bertz CT molecular complexity index is 628. The van der Waals surface area contributed by atoms with Gasteiger partial charge < -0.3 is 5.73 Å².